The van der Waals surface area contributed by atoms with Crippen molar-refractivity contribution in [1.29, 1.82) is 0 Å². The van der Waals surface area contributed by atoms with E-state index in [9.17, 15) is 0 Å². The van der Waals surface area contributed by atoms with Gasteiger partial charge in [-0.2, -0.15) is 4.98 Å². The average molecular weight is 275 g/mol. The lowest BCUT2D eigenvalue weighted by atomic mass is 9.85. The molecule has 2 aromatic rings. The highest BCUT2D eigenvalue weighted by atomic mass is 16.5. The molecule has 0 saturated heterocycles. The molecule has 0 N–H and O–H groups in total. The summed E-state index contributed by atoms with van der Waals surface area (Å²) >= 11 is 0. The van der Waals surface area contributed by atoms with Crippen LogP contribution < -0.4 is 0 Å². The fourth-order valence-electron chi connectivity index (χ4n) is 2.44. The van der Waals surface area contributed by atoms with Crippen molar-refractivity contribution >= 4 is 0 Å². The van der Waals surface area contributed by atoms with Crippen LogP contribution in [0.5, 0.6) is 0 Å². The Kier molecular flexibility index (Phi) is 3.56. The summed E-state index contributed by atoms with van der Waals surface area (Å²) in [4.78, 5) is 11.1. The van der Waals surface area contributed by atoms with Gasteiger partial charge in [0.15, 0.2) is 5.82 Å². The van der Waals surface area contributed by atoms with Gasteiger partial charge in [0.05, 0.1) is 12.2 Å². The van der Waals surface area contributed by atoms with Crippen molar-refractivity contribution in [3.63, 3.8) is 0 Å². The van der Waals surface area contributed by atoms with E-state index in [-0.39, 0.29) is 0 Å². The molecule has 1 aliphatic rings. The first-order chi connectivity index (χ1) is 9.61. The number of aryl methyl sites for hydroxylation is 2. The zero-order chi connectivity index (χ0) is 14.1. The van der Waals surface area contributed by atoms with Gasteiger partial charge in [-0.3, -0.25) is 4.90 Å². The van der Waals surface area contributed by atoms with E-state index in [1.807, 2.05) is 25.6 Å². The predicted octanol–water partition coefficient (Wildman–Crippen LogP) is 2.01. The first kappa shape index (κ1) is 13.3. The molecule has 1 saturated carbocycles. The normalized spacial score (nSPS) is 15.8. The number of nitrogens with zero attached hydrogens (tertiary/aromatic N) is 5. The largest absolute Gasteiger partial charge is 0.339 e. The van der Waals surface area contributed by atoms with E-state index < -0.39 is 0 Å². The smallest absolute Gasteiger partial charge is 0.229 e. The Labute approximate surface area is 118 Å². The van der Waals surface area contributed by atoms with Crippen molar-refractivity contribution < 1.29 is 4.52 Å². The Balaban J connectivity index is 1.57. The predicted molar refractivity (Wildman–Crippen MR) is 74.0 cm³/mol. The zero-order valence-corrected chi connectivity index (χ0v) is 12.3. The van der Waals surface area contributed by atoms with Gasteiger partial charge in [-0.1, -0.05) is 11.6 Å². The molecule has 1 aliphatic carbocycles. The van der Waals surface area contributed by atoms with Gasteiger partial charge in [-0.25, -0.2) is 4.98 Å². The molecule has 0 aliphatic heterocycles. The van der Waals surface area contributed by atoms with Gasteiger partial charge in [0.1, 0.15) is 5.82 Å². The molecule has 6 nitrogen and oxygen atoms in total. The highest BCUT2D eigenvalue weighted by molar-refractivity contribution is 5.03. The van der Waals surface area contributed by atoms with Gasteiger partial charge in [-0.15, -0.1) is 0 Å². The van der Waals surface area contributed by atoms with E-state index in [4.69, 9.17) is 4.52 Å². The van der Waals surface area contributed by atoms with E-state index in [2.05, 4.69) is 26.2 Å². The molecular weight excluding hydrogens is 254 g/mol. The maximum absolute atomic E-state index is 5.34. The SMILES string of the molecule is Cc1nc(CN(C)Cc2noc(C3CCC3)n2)cn1C. The summed E-state index contributed by atoms with van der Waals surface area (Å²) in [5.41, 5.74) is 1.07. The third kappa shape index (κ3) is 2.75. The monoisotopic (exact) mass is 275 g/mol. The standard InChI is InChI=1S/C14H21N5O/c1-10-15-12(8-19(10)3)7-18(2)9-13-16-14(20-17-13)11-5-4-6-11/h8,11H,4-7,9H2,1-3H3. The summed E-state index contributed by atoms with van der Waals surface area (Å²) in [5, 5.41) is 4.07. The molecule has 0 bridgehead atoms. The van der Waals surface area contributed by atoms with E-state index in [0.717, 1.165) is 29.8 Å². The third-order valence-electron chi connectivity index (χ3n) is 3.94. The molecule has 1 fully saturated rings. The van der Waals surface area contributed by atoms with Crippen molar-refractivity contribution in [2.45, 2.75) is 45.2 Å². The fourth-order valence-corrected chi connectivity index (χ4v) is 2.44. The quantitative estimate of drug-likeness (QED) is 0.835. The lowest BCUT2D eigenvalue weighted by molar-refractivity contribution is 0.280. The molecule has 0 unspecified atom stereocenters. The number of hydrogen-bond donors (Lipinski definition) is 0. The van der Waals surface area contributed by atoms with Gasteiger partial charge in [0.25, 0.3) is 0 Å². The van der Waals surface area contributed by atoms with Crippen LogP contribution in [-0.4, -0.2) is 31.6 Å². The first-order valence-electron chi connectivity index (χ1n) is 7.11. The van der Waals surface area contributed by atoms with Gasteiger partial charge < -0.3 is 9.09 Å². The number of imidazole rings is 1. The molecule has 2 aromatic heterocycles. The van der Waals surface area contributed by atoms with E-state index in [0.29, 0.717) is 12.5 Å². The van der Waals surface area contributed by atoms with Crippen molar-refractivity contribution in [2.75, 3.05) is 7.05 Å². The molecule has 6 heteroatoms. The fraction of sp³-hybridized carbons (Fsp3) is 0.643. The van der Waals surface area contributed by atoms with Gasteiger partial charge in [0.2, 0.25) is 5.89 Å². The Morgan fingerprint density at radius 3 is 2.75 bits per heavy atom. The van der Waals surface area contributed by atoms with Crippen LogP contribution in [0.15, 0.2) is 10.7 Å². The lowest BCUT2D eigenvalue weighted by Crippen LogP contribution is -2.18. The molecular formula is C14H21N5O. The molecule has 0 aromatic carbocycles. The van der Waals surface area contributed by atoms with Crippen LogP contribution in [0.1, 0.15) is 48.4 Å². The summed E-state index contributed by atoms with van der Waals surface area (Å²) in [6.07, 6.45) is 5.71. The van der Waals surface area contributed by atoms with Crippen LogP contribution in [0.4, 0.5) is 0 Å². The third-order valence-corrected chi connectivity index (χ3v) is 3.94. The molecule has 108 valence electrons. The van der Waals surface area contributed by atoms with Crippen molar-refractivity contribution in [3.8, 4) is 0 Å². The van der Waals surface area contributed by atoms with E-state index in [1.165, 1.54) is 19.3 Å². The molecule has 0 amide bonds. The second kappa shape index (κ2) is 5.36. The summed E-state index contributed by atoms with van der Waals surface area (Å²) in [5.74, 6) is 3.11. The van der Waals surface area contributed by atoms with Crippen molar-refractivity contribution in [1.82, 2.24) is 24.6 Å². The highest BCUT2D eigenvalue weighted by Crippen LogP contribution is 2.35. The summed E-state index contributed by atoms with van der Waals surface area (Å²) in [6.45, 7) is 3.48. The van der Waals surface area contributed by atoms with Crippen molar-refractivity contribution in [2.24, 2.45) is 7.05 Å². The maximum Gasteiger partial charge on any atom is 0.229 e. The van der Waals surface area contributed by atoms with Crippen LogP contribution in [0.3, 0.4) is 0 Å². The Morgan fingerprint density at radius 2 is 2.15 bits per heavy atom. The maximum atomic E-state index is 5.34. The van der Waals surface area contributed by atoms with Crippen molar-refractivity contribution in [3.05, 3.63) is 29.4 Å². The summed E-state index contributed by atoms with van der Waals surface area (Å²) in [6, 6.07) is 0. The minimum Gasteiger partial charge on any atom is -0.339 e. The molecule has 3 rings (SSSR count). The topological polar surface area (TPSA) is 60.0 Å². The number of hydrogen-bond acceptors (Lipinski definition) is 5. The van der Waals surface area contributed by atoms with Crippen LogP contribution in [0, 0.1) is 6.92 Å². The lowest BCUT2D eigenvalue weighted by Gasteiger charge is -2.20. The van der Waals surface area contributed by atoms with Gasteiger partial charge in [0, 0.05) is 25.7 Å². The van der Waals surface area contributed by atoms with Gasteiger partial charge >= 0.3 is 0 Å². The first-order valence-corrected chi connectivity index (χ1v) is 7.11. The Hall–Kier alpha value is -1.69. The van der Waals surface area contributed by atoms with Crippen LogP contribution in [-0.2, 0) is 20.1 Å². The van der Waals surface area contributed by atoms with Crippen LogP contribution >= 0.6 is 0 Å². The minimum atomic E-state index is 0.500. The summed E-state index contributed by atoms with van der Waals surface area (Å²) < 4.78 is 7.37. The number of aromatic nitrogens is 4. The Morgan fingerprint density at radius 1 is 1.35 bits per heavy atom. The zero-order valence-electron chi connectivity index (χ0n) is 12.3. The Bertz CT molecular complexity index is 565. The second-order valence-electron chi connectivity index (χ2n) is 5.74. The van der Waals surface area contributed by atoms with E-state index in [1.54, 1.807) is 0 Å². The minimum absolute atomic E-state index is 0.500. The van der Waals surface area contributed by atoms with Crippen LogP contribution in [0.2, 0.25) is 0 Å². The van der Waals surface area contributed by atoms with Crippen LogP contribution in [0.25, 0.3) is 0 Å². The second-order valence-corrected chi connectivity index (χ2v) is 5.74. The molecule has 20 heavy (non-hydrogen) atoms. The number of rotatable bonds is 5. The molecule has 0 spiro atoms. The average Bonchev–Trinajstić information content (AvgIpc) is 2.85. The highest BCUT2D eigenvalue weighted by Gasteiger charge is 2.25. The van der Waals surface area contributed by atoms with Gasteiger partial charge in [-0.05, 0) is 26.8 Å². The molecule has 0 atom stereocenters. The molecule has 0 radical (unpaired) electrons. The van der Waals surface area contributed by atoms with E-state index >= 15 is 0 Å². The molecule has 2 heterocycles. The summed E-state index contributed by atoms with van der Waals surface area (Å²) in [7, 11) is 4.05.